The summed E-state index contributed by atoms with van der Waals surface area (Å²) in [6.07, 6.45) is 0. The molecule has 0 bridgehead atoms. The molecule has 1 aromatic heterocycles. The molecule has 4 rings (SSSR count). The molecule has 26 heavy (non-hydrogen) atoms. The first-order chi connectivity index (χ1) is 12.6. The molecule has 5 heteroatoms. The van der Waals surface area contributed by atoms with E-state index >= 15 is 0 Å². The molecule has 3 aromatic carbocycles. The number of carbonyl (C=O) groups is 1. The van der Waals surface area contributed by atoms with E-state index in [2.05, 4.69) is 21.2 Å². The number of hydrogen-bond acceptors (Lipinski definition) is 3. The zero-order valence-corrected chi connectivity index (χ0v) is 15.9. The lowest BCUT2D eigenvalue weighted by Crippen LogP contribution is -2.12. The third kappa shape index (κ3) is 2.84. The lowest BCUT2D eigenvalue weighted by Gasteiger charge is -2.06. The number of carbonyl (C=O) groups excluding carboxylic acids is 1. The number of benzene rings is 3. The van der Waals surface area contributed by atoms with Crippen LogP contribution in [0.25, 0.3) is 21.7 Å². The molecule has 0 fully saturated rings. The molecule has 0 unspecified atom stereocenters. The molecule has 0 aliphatic rings. The molecule has 4 aromatic rings. The SMILES string of the molecule is COc1ccc2c(C)c(C(=O)Nc3ccc4c(Br)cccc4c3)oc2c1. The van der Waals surface area contributed by atoms with Gasteiger partial charge in [0.25, 0.3) is 5.91 Å². The number of aryl methyl sites for hydroxylation is 1. The highest BCUT2D eigenvalue weighted by Gasteiger charge is 2.18. The van der Waals surface area contributed by atoms with Crippen molar-refractivity contribution < 1.29 is 13.9 Å². The molecule has 1 heterocycles. The van der Waals surface area contributed by atoms with E-state index < -0.39 is 0 Å². The fourth-order valence-electron chi connectivity index (χ4n) is 3.06. The van der Waals surface area contributed by atoms with Crippen molar-refractivity contribution >= 4 is 49.3 Å². The number of fused-ring (bicyclic) bond motifs is 2. The summed E-state index contributed by atoms with van der Waals surface area (Å²) >= 11 is 3.54. The summed E-state index contributed by atoms with van der Waals surface area (Å²) in [5.41, 5.74) is 2.16. The number of hydrogen-bond donors (Lipinski definition) is 1. The Labute approximate surface area is 158 Å². The number of nitrogens with one attached hydrogen (secondary N) is 1. The Morgan fingerprint density at radius 1 is 1.08 bits per heavy atom. The second-order valence-corrected chi connectivity index (χ2v) is 6.90. The Hall–Kier alpha value is -2.79. The molecule has 0 saturated heterocycles. The predicted molar refractivity (Wildman–Crippen MR) is 107 cm³/mol. The summed E-state index contributed by atoms with van der Waals surface area (Å²) < 4.78 is 12.0. The van der Waals surface area contributed by atoms with Gasteiger partial charge in [-0.1, -0.05) is 34.1 Å². The molecular weight excluding hydrogens is 394 g/mol. The summed E-state index contributed by atoms with van der Waals surface area (Å²) in [6.45, 7) is 1.88. The van der Waals surface area contributed by atoms with Gasteiger partial charge in [-0.2, -0.15) is 0 Å². The van der Waals surface area contributed by atoms with E-state index in [-0.39, 0.29) is 5.91 Å². The molecule has 4 nitrogen and oxygen atoms in total. The topological polar surface area (TPSA) is 51.5 Å². The first-order valence-corrected chi connectivity index (χ1v) is 8.93. The summed E-state index contributed by atoms with van der Waals surface area (Å²) in [7, 11) is 1.60. The van der Waals surface area contributed by atoms with Crippen LogP contribution in [0, 0.1) is 6.92 Å². The van der Waals surface area contributed by atoms with E-state index in [0.29, 0.717) is 17.1 Å². The standard InChI is InChI=1S/C21H16BrNO3/c1-12-16-9-7-15(25-2)11-19(16)26-20(12)21(24)23-14-6-8-17-13(10-14)4-3-5-18(17)22/h3-11H,1-2H3,(H,23,24). The van der Waals surface area contributed by atoms with Gasteiger partial charge >= 0.3 is 0 Å². The van der Waals surface area contributed by atoms with Crippen LogP contribution in [0.1, 0.15) is 16.1 Å². The van der Waals surface area contributed by atoms with Gasteiger partial charge in [0.05, 0.1) is 7.11 Å². The van der Waals surface area contributed by atoms with Crippen LogP contribution in [0.5, 0.6) is 5.75 Å². The molecule has 1 N–H and O–H groups in total. The van der Waals surface area contributed by atoms with Gasteiger partial charge in [0.15, 0.2) is 5.76 Å². The minimum Gasteiger partial charge on any atom is -0.497 e. The quantitative estimate of drug-likeness (QED) is 0.456. The van der Waals surface area contributed by atoms with Crippen LogP contribution >= 0.6 is 15.9 Å². The summed E-state index contributed by atoms with van der Waals surface area (Å²) in [5.74, 6) is 0.730. The maximum atomic E-state index is 12.7. The number of ether oxygens (including phenoxy) is 1. The van der Waals surface area contributed by atoms with Gasteiger partial charge in [0.2, 0.25) is 0 Å². The van der Waals surface area contributed by atoms with Crippen molar-refractivity contribution in [2.45, 2.75) is 6.92 Å². The number of methoxy groups -OCH3 is 1. The van der Waals surface area contributed by atoms with Gasteiger partial charge in [-0.25, -0.2) is 0 Å². The maximum Gasteiger partial charge on any atom is 0.291 e. The van der Waals surface area contributed by atoms with Crippen molar-refractivity contribution in [2.24, 2.45) is 0 Å². The van der Waals surface area contributed by atoms with E-state index in [1.54, 1.807) is 13.2 Å². The summed E-state index contributed by atoms with van der Waals surface area (Å²) in [5, 5.41) is 5.96. The first-order valence-electron chi connectivity index (χ1n) is 8.13. The normalized spacial score (nSPS) is 11.0. The van der Waals surface area contributed by atoms with Crippen LogP contribution in [0.4, 0.5) is 5.69 Å². The molecule has 0 saturated carbocycles. The molecule has 130 valence electrons. The minimum absolute atomic E-state index is 0.271. The second kappa shape index (κ2) is 6.50. The highest BCUT2D eigenvalue weighted by molar-refractivity contribution is 9.10. The van der Waals surface area contributed by atoms with Crippen LogP contribution in [0.15, 0.2) is 63.5 Å². The molecule has 0 aliphatic carbocycles. The van der Waals surface area contributed by atoms with Crippen molar-refractivity contribution in [3.63, 3.8) is 0 Å². The van der Waals surface area contributed by atoms with Gasteiger partial charge in [-0.3, -0.25) is 4.79 Å². The molecule has 0 spiro atoms. The Balaban J connectivity index is 1.68. The maximum absolute atomic E-state index is 12.7. The zero-order chi connectivity index (χ0) is 18.3. The lowest BCUT2D eigenvalue weighted by atomic mass is 10.1. The number of rotatable bonds is 3. The van der Waals surface area contributed by atoms with E-state index in [1.807, 2.05) is 55.5 Å². The van der Waals surface area contributed by atoms with Gasteiger partial charge in [-0.15, -0.1) is 0 Å². The Kier molecular flexibility index (Phi) is 4.17. The van der Waals surface area contributed by atoms with Crippen molar-refractivity contribution in [1.82, 2.24) is 0 Å². The van der Waals surface area contributed by atoms with Crippen molar-refractivity contribution in [3.05, 3.63) is 70.4 Å². The van der Waals surface area contributed by atoms with Crippen molar-refractivity contribution in [3.8, 4) is 5.75 Å². The van der Waals surface area contributed by atoms with E-state index in [9.17, 15) is 4.79 Å². The number of amides is 1. The average Bonchev–Trinajstić information content (AvgIpc) is 2.98. The third-order valence-electron chi connectivity index (χ3n) is 4.44. The lowest BCUT2D eigenvalue weighted by molar-refractivity contribution is 0.0998. The van der Waals surface area contributed by atoms with Crippen LogP contribution in [-0.2, 0) is 0 Å². The highest BCUT2D eigenvalue weighted by Crippen LogP contribution is 2.30. The smallest absolute Gasteiger partial charge is 0.291 e. The van der Waals surface area contributed by atoms with Gasteiger partial charge in [0.1, 0.15) is 11.3 Å². The van der Waals surface area contributed by atoms with Gasteiger partial charge in [-0.05, 0) is 48.0 Å². The van der Waals surface area contributed by atoms with E-state index in [0.717, 1.165) is 31.9 Å². The van der Waals surface area contributed by atoms with Crippen LogP contribution in [0.3, 0.4) is 0 Å². The average molecular weight is 410 g/mol. The fraction of sp³-hybridized carbons (Fsp3) is 0.0952. The zero-order valence-electron chi connectivity index (χ0n) is 14.3. The van der Waals surface area contributed by atoms with E-state index in [1.165, 1.54) is 0 Å². The third-order valence-corrected chi connectivity index (χ3v) is 5.13. The second-order valence-electron chi connectivity index (χ2n) is 6.05. The van der Waals surface area contributed by atoms with Crippen LogP contribution < -0.4 is 10.1 Å². The number of halogens is 1. The van der Waals surface area contributed by atoms with Crippen LogP contribution in [-0.4, -0.2) is 13.0 Å². The minimum atomic E-state index is -0.271. The van der Waals surface area contributed by atoms with Gasteiger partial charge in [0, 0.05) is 27.2 Å². The first kappa shape index (κ1) is 16.7. The van der Waals surface area contributed by atoms with Gasteiger partial charge < -0.3 is 14.5 Å². The fourth-order valence-corrected chi connectivity index (χ4v) is 3.57. The van der Waals surface area contributed by atoms with Crippen LogP contribution in [0.2, 0.25) is 0 Å². The molecule has 0 aliphatic heterocycles. The Bertz CT molecular complexity index is 1150. The van der Waals surface area contributed by atoms with Crippen molar-refractivity contribution in [2.75, 3.05) is 12.4 Å². The van der Waals surface area contributed by atoms with Crippen molar-refractivity contribution in [1.29, 1.82) is 0 Å². The largest absolute Gasteiger partial charge is 0.497 e. The molecule has 0 radical (unpaired) electrons. The predicted octanol–water partition coefficient (Wildman–Crippen LogP) is 5.92. The highest BCUT2D eigenvalue weighted by atomic mass is 79.9. The Morgan fingerprint density at radius 2 is 1.88 bits per heavy atom. The number of furan rings is 1. The van der Waals surface area contributed by atoms with E-state index in [4.69, 9.17) is 9.15 Å². The summed E-state index contributed by atoms with van der Waals surface area (Å²) in [6, 6.07) is 17.3. The Morgan fingerprint density at radius 3 is 2.69 bits per heavy atom. The molecule has 1 amide bonds. The molecular formula is C21H16BrNO3. The molecule has 0 atom stereocenters. The monoisotopic (exact) mass is 409 g/mol. The summed E-state index contributed by atoms with van der Waals surface area (Å²) in [4.78, 5) is 12.7. The number of anilines is 1.